The molecular weight excluding hydrogens is 352 g/mol. The molecule has 1 aliphatic heterocycles. The smallest absolute Gasteiger partial charge is 0.264 e. The van der Waals surface area contributed by atoms with Gasteiger partial charge in [0.25, 0.3) is 5.91 Å². The molecular formula is C19H20N2O4S. The third-order valence-corrected chi connectivity index (χ3v) is 6.11. The van der Waals surface area contributed by atoms with Gasteiger partial charge in [-0.25, -0.2) is 0 Å². The highest BCUT2D eigenvalue weighted by Gasteiger charge is 2.30. The molecule has 2 heterocycles. The number of morpholine rings is 1. The summed E-state index contributed by atoms with van der Waals surface area (Å²) in [7, 11) is 1.67. The average Bonchev–Trinajstić information content (AvgIpc) is 3.11. The van der Waals surface area contributed by atoms with Gasteiger partial charge in [0.05, 0.1) is 25.1 Å². The summed E-state index contributed by atoms with van der Waals surface area (Å²) in [6.45, 7) is 1.01. The number of rotatable bonds is 3. The largest absolute Gasteiger partial charge is 0.497 e. The molecule has 4 rings (SSSR count). The first-order chi connectivity index (χ1) is 12.6. The van der Waals surface area contributed by atoms with E-state index in [1.165, 1.54) is 28.0 Å². The van der Waals surface area contributed by atoms with E-state index in [9.17, 15) is 9.59 Å². The van der Waals surface area contributed by atoms with Crippen molar-refractivity contribution in [2.75, 3.05) is 26.8 Å². The molecule has 0 spiro atoms. The van der Waals surface area contributed by atoms with Crippen LogP contribution in [0.4, 0.5) is 0 Å². The van der Waals surface area contributed by atoms with Gasteiger partial charge in [0.1, 0.15) is 5.75 Å². The van der Waals surface area contributed by atoms with Crippen molar-refractivity contribution < 1.29 is 19.1 Å². The Morgan fingerprint density at radius 2 is 2.08 bits per heavy atom. The molecule has 6 nitrogen and oxygen atoms in total. The van der Waals surface area contributed by atoms with E-state index >= 15 is 0 Å². The summed E-state index contributed by atoms with van der Waals surface area (Å²) in [4.78, 5) is 27.8. The maximum Gasteiger partial charge on any atom is 0.264 e. The first-order valence-electron chi connectivity index (χ1n) is 8.57. The average molecular weight is 372 g/mol. The summed E-state index contributed by atoms with van der Waals surface area (Å²) < 4.78 is 10.6. The van der Waals surface area contributed by atoms with Gasteiger partial charge in [-0.15, -0.1) is 11.3 Å². The van der Waals surface area contributed by atoms with E-state index in [4.69, 9.17) is 15.2 Å². The van der Waals surface area contributed by atoms with Gasteiger partial charge < -0.3 is 20.1 Å². The third-order valence-electron chi connectivity index (χ3n) is 4.91. The number of aryl methyl sites for hydroxylation is 2. The van der Waals surface area contributed by atoms with Gasteiger partial charge >= 0.3 is 0 Å². The van der Waals surface area contributed by atoms with Crippen molar-refractivity contribution >= 4 is 23.2 Å². The Balaban J connectivity index is 1.61. The van der Waals surface area contributed by atoms with Crippen molar-refractivity contribution in [1.82, 2.24) is 4.90 Å². The normalized spacial score (nSPS) is 18.8. The molecule has 26 heavy (non-hydrogen) atoms. The molecule has 1 aliphatic carbocycles. The Labute approximate surface area is 155 Å². The molecule has 7 heteroatoms. The number of nitrogens with zero attached hydrogens (tertiary/aromatic N) is 1. The molecule has 0 bridgehead atoms. The van der Waals surface area contributed by atoms with Crippen LogP contribution in [-0.2, 0) is 22.4 Å². The number of carbonyl (C=O) groups excluding carboxylic acids is 2. The van der Waals surface area contributed by atoms with Crippen LogP contribution < -0.4 is 10.5 Å². The number of fused-ring (bicyclic) bond motifs is 3. The van der Waals surface area contributed by atoms with E-state index in [2.05, 4.69) is 12.1 Å². The van der Waals surface area contributed by atoms with E-state index in [0.717, 1.165) is 23.5 Å². The summed E-state index contributed by atoms with van der Waals surface area (Å²) in [5.41, 5.74) is 8.94. The van der Waals surface area contributed by atoms with E-state index < -0.39 is 12.0 Å². The molecule has 0 saturated carbocycles. The van der Waals surface area contributed by atoms with E-state index in [0.29, 0.717) is 18.0 Å². The number of carbonyl (C=O) groups is 2. The highest BCUT2D eigenvalue weighted by atomic mass is 32.1. The molecule has 2 aliphatic rings. The molecule has 2 amide bonds. The zero-order chi connectivity index (χ0) is 18.3. The number of ether oxygens (including phenoxy) is 2. The molecule has 2 aromatic rings. The number of nitrogens with two attached hydrogens (primary N) is 1. The van der Waals surface area contributed by atoms with Crippen molar-refractivity contribution in [2.45, 2.75) is 18.9 Å². The van der Waals surface area contributed by atoms with Gasteiger partial charge in [-0.1, -0.05) is 0 Å². The predicted molar refractivity (Wildman–Crippen MR) is 98.6 cm³/mol. The van der Waals surface area contributed by atoms with Gasteiger partial charge in [0.2, 0.25) is 5.91 Å². The van der Waals surface area contributed by atoms with E-state index in [1.807, 2.05) is 12.1 Å². The number of hydrogen-bond acceptors (Lipinski definition) is 5. The van der Waals surface area contributed by atoms with Crippen molar-refractivity contribution in [3.05, 3.63) is 40.3 Å². The first kappa shape index (κ1) is 17.1. The second-order valence-corrected chi connectivity index (χ2v) is 7.55. The highest BCUT2D eigenvalue weighted by Crippen LogP contribution is 2.41. The number of hydrogen-bond donors (Lipinski definition) is 1. The minimum atomic E-state index is -0.726. The Hall–Kier alpha value is -2.38. The van der Waals surface area contributed by atoms with Crippen molar-refractivity contribution in [3.8, 4) is 16.2 Å². The summed E-state index contributed by atoms with van der Waals surface area (Å²) in [5.74, 6) is 0.260. The van der Waals surface area contributed by atoms with Gasteiger partial charge in [0.15, 0.2) is 6.10 Å². The van der Waals surface area contributed by atoms with Crippen LogP contribution in [-0.4, -0.2) is 49.6 Å². The number of methoxy groups -OCH3 is 1. The first-order valence-corrected chi connectivity index (χ1v) is 9.38. The zero-order valence-corrected chi connectivity index (χ0v) is 15.3. The topological polar surface area (TPSA) is 81.9 Å². The lowest BCUT2D eigenvalue weighted by Gasteiger charge is -2.31. The van der Waals surface area contributed by atoms with E-state index in [1.54, 1.807) is 12.0 Å². The summed E-state index contributed by atoms with van der Waals surface area (Å²) >= 11 is 1.51. The zero-order valence-electron chi connectivity index (χ0n) is 14.5. The van der Waals surface area contributed by atoms with Crippen LogP contribution in [0.1, 0.15) is 20.8 Å². The lowest BCUT2D eigenvalue weighted by molar-refractivity contribution is -0.133. The van der Waals surface area contributed by atoms with E-state index in [-0.39, 0.29) is 12.5 Å². The maximum atomic E-state index is 12.9. The van der Waals surface area contributed by atoms with Crippen molar-refractivity contribution in [2.24, 2.45) is 5.73 Å². The fraction of sp³-hybridized carbons (Fsp3) is 0.368. The quantitative estimate of drug-likeness (QED) is 0.891. The lowest BCUT2D eigenvalue weighted by Crippen LogP contribution is -2.50. The minimum Gasteiger partial charge on any atom is -0.497 e. The fourth-order valence-corrected chi connectivity index (χ4v) is 4.74. The second-order valence-electron chi connectivity index (χ2n) is 6.50. The molecule has 136 valence electrons. The monoisotopic (exact) mass is 372 g/mol. The Morgan fingerprint density at radius 3 is 2.85 bits per heavy atom. The van der Waals surface area contributed by atoms with Gasteiger partial charge in [-0.2, -0.15) is 0 Å². The standard InChI is InChI=1S/C19H20N2O4S/c1-24-13-4-5-14-11(8-13)2-3-12-9-16(26-17(12)14)19(23)21-6-7-25-15(10-21)18(20)22/h4-5,8-9,15H,2-3,6-7,10H2,1H3,(H2,20,22)/t15-/m0/s1. The minimum absolute atomic E-state index is 0.0611. The summed E-state index contributed by atoms with van der Waals surface area (Å²) in [6, 6.07) is 8.08. The van der Waals surface area contributed by atoms with Crippen molar-refractivity contribution in [1.29, 1.82) is 0 Å². The Bertz CT molecular complexity index is 876. The lowest BCUT2D eigenvalue weighted by atomic mass is 9.91. The van der Waals surface area contributed by atoms with Crippen LogP contribution in [0, 0.1) is 0 Å². The second kappa shape index (κ2) is 6.74. The molecule has 1 atom stereocenters. The fourth-order valence-electron chi connectivity index (χ4n) is 3.50. The predicted octanol–water partition coefficient (Wildman–Crippen LogP) is 1.85. The molecule has 1 saturated heterocycles. The van der Waals surface area contributed by atoms with Crippen LogP contribution in [0.2, 0.25) is 0 Å². The van der Waals surface area contributed by atoms with Gasteiger partial charge in [-0.3, -0.25) is 9.59 Å². The molecule has 1 fully saturated rings. The Kier molecular flexibility index (Phi) is 4.42. The SMILES string of the molecule is COc1ccc2c(c1)CCc1cc(C(=O)N3CCO[C@H](C(N)=O)C3)sc1-2. The number of benzene rings is 1. The van der Waals surface area contributed by atoms with Crippen LogP contribution >= 0.6 is 11.3 Å². The molecule has 1 aromatic carbocycles. The molecule has 2 N–H and O–H groups in total. The van der Waals surface area contributed by atoms with Crippen LogP contribution in [0.3, 0.4) is 0 Å². The van der Waals surface area contributed by atoms with Crippen LogP contribution in [0.5, 0.6) is 5.75 Å². The summed E-state index contributed by atoms with van der Waals surface area (Å²) in [6.07, 6.45) is 1.12. The highest BCUT2D eigenvalue weighted by molar-refractivity contribution is 7.17. The van der Waals surface area contributed by atoms with Crippen molar-refractivity contribution in [3.63, 3.8) is 0 Å². The third kappa shape index (κ3) is 2.97. The van der Waals surface area contributed by atoms with Crippen LogP contribution in [0.25, 0.3) is 10.4 Å². The number of thiophene rings is 1. The Morgan fingerprint density at radius 1 is 1.27 bits per heavy atom. The van der Waals surface area contributed by atoms with Gasteiger partial charge in [0, 0.05) is 11.4 Å². The molecule has 0 unspecified atom stereocenters. The number of amides is 2. The summed E-state index contributed by atoms with van der Waals surface area (Å²) in [5, 5.41) is 0. The molecule has 1 aromatic heterocycles. The van der Waals surface area contributed by atoms with Crippen LogP contribution in [0.15, 0.2) is 24.3 Å². The van der Waals surface area contributed by atoms with Gasteiger partial charge in [-0.05, 0) is 53.8 Å². The molecule has 0 radical (unpaired) electrons. The number of primary amides is 1. The maximum absolute atomic E-state index is 12.9.